The normalized spacial score (nSPS) is 15.3. The molecule has 0 bridgehead atoms. The second-order valence-electron chi connectivity index (χ2n) is 5.75. The molecule has 3 rings (SSSR count). The number of amides is 2. The molecule has 128 valence electrons. The Bertz CT molecular complexity index is 684. The van der Waals surface area contributed by atoms with Gasteiger partial charge in [0, 0.05) is 32.2 Å². The van der Waals surface area contributed by atoms with Crippen LogP contribution in [0.4, 0.5) is 20.6 Å². The number of carbonyl (C=O) groups excluding carboxylic acids is 1. The summed E-state index contributed by atoms with van der Waals surface area (Å²) in [5.41, 5.74) is 1.89. The molecule has 0 aliphatic carbocycles. The third-order valence-corrected chi connectivity index (χ3v) is 3.97. The van der Waals surface area contributed by atoms with E-state index in [2.05, 4.69) is 32.6 Å². The highest BCUT2D eigenvalue weighted by Gasteiger charge is 2.18. The Balaban J connectivity index is 1.67. The fourth-order valence-electron chi connectivity index (χ4n) is 2.60. The van der Waals surface area contributed by atoms with Gasteiger partial charge in [0.15, 0.2) is 0 Å². The van der Waals surface area contributed by atoms with Crippen molar-refractivity contribution in [3.8, 4) is 0 Å². The van der Waals surface area contributed by atoms with Crippen molar-refractivity contribution < 1.29 is 13.7 Å². The zero-order chi connectivity index (χ0) is 16.9. The highest BCUT2D eigenvalue weighted by molar-refractivity contribution is 5.93. The van der Waals surface area contributed by atoms with Crippen LogP contribution >= 0.6 is 0 Å². The van der Waals surface area contributed by atoms with Gasteiger partial charge < -0.3 is 25.0 Å². The second-order valence-corrected chi connectivity index (χ2v) is 5.75. The van der Waals surface area contributed by atoms with Gasteiger partial charge >= 0.3 is 6.03 Å². The average Bonchev–Trinajstić information content (AvgIpc) is 3.08. The van der Waals surface area contributed by atoms with Crippen molar-refractivity contribution in [2.75, 3.05) is 43.4 Å². The number of carbonyl (C=O) groups is 1. The van der Waals surface area contributed by atoms with Crippen LogP contribution in [-0.2, 0) is 6.54 Å². The molecular formula is C16H20FN5O2. The molecule has 0 spiro atoms. The van der Waals surface area contributed by atoms with Crippen LogP contribution in [0.3, 0.4) is 0 Å². The fourth-order valence-corrected chi connectivity index (χ4v) is 2.60. The lowest BCUT2D eigenvalue weighted by Crippen LogP contribution is -2.44. The average molecular weight is 333 g/mol. The molecule has 24 heavy (non-hydrogen) atoms. The molecule has 7 nitrogen and oxygen atoms in total. The standard InChI is InChI=1S/C16H20FN5O2/c1-21-5-7-22(8-6-21)15-3-2-12(17)10-14(15)19-16(23)18-11-13-4-9-24-20-13/h2-4,9-10H,5-8,11H2,1H3,(H2,18,19,23). The van der Waals surface area contributed by atoms with Gasteiger partial charge in [-0.15, -0.1) is 0 Å². The van der Waals surface area contributed by atoms with Crippen LogP contribution in [0.25, 0.3) is 0 Å². The van der Waals surface area contributed by atoms with E-state index in [1.165, 1.54) is 18.4 Å². The van der Waals surface area contributed by atoms with Gasteiger partial charge in [-0.3, -0.25) is 0 Å². The first-order valence-corrected chi connectivity index (χ1v) is 7.79. The lowest BCUT2D eigenvalue weighted by molar-refractivity contribution is 0.251. The second kappa shape index (κ2) is 7.31. The maximum atomic E-state index is 13.6. The minimum absolute atomic E-state index is 0.238. The summed E-state index contributed by atoms with van der Waals surface area (Å²) in [6, 6.07) is 5.69. The predicted octanol–water partition coefficient (Wildman–Crippen LogP) is 1.89. The SMILES string of the molecule is CN1CCN(c2ccc(F)cc2NC(=O)NCc2ccon2)CC1. The van der Waals surface area contributed by atoms with Crippen LogP contribution in [0.2, 0.25) is 0 Å². The van der Waals surface area contributed by atoms with E-state index in [-0.39, 0.29) is 12.4 Å². The predicted molar refractivity (Wildman–Crippen MR) is 88.5 cm³/mol. The fraction of sp³-hybridized carbons (Fsp3) is 0.375. The van der Waals surface area contributed by atoms with Crippen molar-refractivity contribution in [3.63, 3.8) is 0 Å². The van der Waals surface area contributed by atoms with E-state index in [1.54, 1.807) is 12.1 Å². The molecule has 0 atom stereocenters. The lowest BCUT2D eigenvalue weighted by atomic mass is 10.2. The van der Waals surface area contributed by atoms with Gasteiger partial charge in [0.05, 0.1) is 17.9 Å². The van der Waals surface area contributed by atoms with Crippen molar-refractivity contribution in [1.82, 2.24) is 15.4 Å². The van der Waals surface area contributed by atoms with E-state index in [4.69, 9.17) is 4.52 Å². The molecule has 2 heterocycles. The van der Waals surface area contributed by atoms with E-state index in [9.17, 15) is 9.18 Å². The van der Waals surface area contributed by atoms with Crippen LogP contribution in [0, 0.1) is 5.82 Å². The van der Waals surface area contributed by atoms with Crippen molar-refractivity contribution in [2.24, 2.45) is 0 Å². The molecule has 0 saturated carbocycles. The molecule has 1 aliphatic rings. The van der Waals surface area contributed by atoms with Crippen molar-refractivity contribution in [1.29, 1.82) is 0 Å². The quantitative estimate of drug-likeness (QED) is 0.894. The van der Waals surface area contributed by atoms with Gasteiger partial charge in [0.2, 0.25) is 0 Å². The lowest BCUT2D eigenvalue weighted by Gasteiger charge is -2.35. The van der Waals surface area contributed by atoms with Crippen LogP contribution in [0.1, 0.15) is 5.69 Å². The van der Waals surface area contributed by atoms with Gasteiger partial charge in [0.25, 0.3) is 0 Å². The number of urea groups is 1. The third kappa shape index (κ3) is 4.02. The Morgan fingerprint density at radius 1 is 1.29 bits per heavy atom. The highest BCUT2D eigenvalue weighted by atomic mass is 19.1. The largest absolute Gasteiger partial charge is 0.367 e. The molecule has 1 aromatic heterocycles. The molecule has 0 unspecified atom stereocenters. The zero-order valence-electron chi connectivity index (χ0n) is 13.5. The summed E-state index contributed by atoms with van der Waals surface area (Å²) in [5, 5.41) is 9.10. The molecule has 1 aromatic carbocycles. The summed E-state index contributed by atoms with van der Waals surface area (Å²) in [6.45, 7) is 3.75. The van der Waals surface area contributed by atoms with Gasteiger partial charge in [-0.2, -0.15) is 0 Å². The van der Waals surface area contributed by atoms with Crippen LogP contribution < -0.4 is 15.5 Å². The number of anilines is 2. The van der Waals surface area contributed by atoms with E-state index < -0.39 is 6.03 Å². The number of hydrogen-bond donors (Lipinski definition) is 2. The van der Waals surface area contributed by atoms with Gasteiger partial charge in [-0.05, 0) is 25.2 Å². The van der Waals surface area contributed by atoms with Crippen LogP contribution in [0.15, 0.2) is 35.1 Å². The summed E-state index contributed by atoms with van der Waals surface area (Å²) in [7, 11) is 2.07. The van der Waals surface area contributed by atoms with Crippen LogP contribution in [0.5, 0.6) is 0 Å². The number of rotatable bonds is 4. The molecule has 2 N–H and O–H groups in total. The highest BCUT2D eigenvalue weighted by Crippen LogP contribution is 2.27. The minimum atomic E-state index is -0.418. The molecule has 2 amide bonds. The zero-order valence-corrected chi connectivity index (χ0v) is 13.5. The Kier molecular flexibility index (Phi) is 4.95. The van der Waals surface area contributed by atoms with E-state index in [1.807, 2.05) is 0 Å². The maximum Gasteiger partial charge on any atom is 0.319 e. The number of hydrogen-bond acceptors (Lipinski definition) is 5. The smallest absolute Gasteiger partial charge is 0.319 e. The summed E-state index contributed by atoms with van der Waals surface area (Å²) in [5.74, 6) is -0.389. The van der Waals surface area contributed by atoms with Crippen molar-refractivity contribution in [2.45, 2.75) is 6.54 Å². The molecule has 1 saturated heterocycles. The summed E-state index contributed by atoms with van der Waals surface area (Å²) in [6.07, 6.45) is 1.44. The Morgan fingerprint density at radius 2 is 2.08 bits per heavy atom. The maximum absolute atomic E-state index is 13.6. The van der Waals surface area contributed by atoms with E-state index in [0.29, 0.717) is 11.4 Å². The molecule has 2 aromatic rings. The topological polar surface area (TPSA) is 73.6 Å². The summed E-state index contributed by atoms with van der Waals surface area (Å²) in [4.78, 5) is 16.5. The number of likely N-dealkylation sites (N-methyl/N-ethyl adjacent to an activating group) is 1. The number of nitrogens with zero attached hydrogens (tertiary/aromatic N) is 3. The van der Waals surface area contributed by atoms with Crippen LogP contribution in [-0.4, -0.2) is 49.3 Å². The molecule has 1 fully saturated rings. The van der Waals surface area contributed by atoms with E-state index in [0.717, 1.165) is 31.9 Å². The van der Waals surface area contributed by atoms with E-state index >= 15 is 0 Å². The Morgan fingerprint density at radius 3 is 2.79 bits per heavy atom. The van der Waals surface area contributed by atoms with Gasteiger partial charge in [-0.1, -0.05) is 5.16 Å². The van der Waals surface area contributed by atoms with Crippen molar-refractivity contribution >= 4 is 17.4 Å². The summed E-state index contributed by atoms with van der Waals surface area (Å²) >= 11 is 0. The summed E-state index contributed by atoms with van der Waals surface area (Å²) < 4.78 is 18.3. The van der Waals surface area contributed by atoms with Gasteiger partial charge in [-0.25, -0.2) is 9.18 Å². The first-order valence-electron chi connectivity index (χ1n) is 7.79. The number of aromatic nitrogens is 1. The minimum Gasteiger partial charge on any atom is -0.367 e. The third-order valence-electron chi connectivity index (χ3n) is 3.97. The van der Waals surface area contributed by atoms with Crippen molar-refractivity contribution in [3.05, 3.63) is 42.0 Å². The first kappa shape index (κ1) is 16.3. The number of nitrogens with one attached hydrogen (secondary N) is 2. The Hall–Kier alpha value is -2.61. The van der Waals surface area contributed by atoms with Gasteiger partial charge in [0.1, 0.15) is 17.8 Å². The monoisotopic (exact) mass is 333 g/mol. The molecule has 8 heteroatoms. The first-order chi connectivity index (χ1) is 11.6. The number of piperazine rings is 1. The molecule has 0 radical (unpaired) electrons. The number of benzene rings is 1. The molecular weight excluding hydrogens is 313 g/mol. The Labute approximate surface area is 139 Å². The number of halogens is 1. The molecule has 1 aliphatic heterocycles.